The van der Waals surface area contributed by atoms with Gasteiger partial charge < -0.3 is 10.2 Å². The van der Waals surface area contributed by atoms with Gasteiger partial charge in [-0.05, 0) is 73.0 Å². The summed E-state index contributed by atoms with van der Waals surface area (Å²) in [4.78, 5) is 30.2. The van der Waals surface area contributed by atoms with Crippen LogP contribution in [0.4, 0.5) is 5.69 Å². The van der Waals surface area contributed by atoms with E-state index in [-0.39, 0.29) is 40.5 Å². The molecule has 4 aromatic carbocycles. The van der Waals surface area contributed by atoms with E-state index >= 15 is 0 Å². The van der Waals surface area contributed by atoms with Crippen molar-refractivity contribution in [1.29, 1.82) is 0 Å². The molecule has 0 bridgehead atoms. The number of carbonyl (C=O) groups is 2. The SMILES string of the molecule is O=C(NC1CCCCC1)[C@H](Cc1ccccc1)N(Cc1c(Cl)cccc1Cl)C(=O)CN(c1cccc(Cl)c1)S(=O)(=O)c1ccc(Cl)cc1. The molecule has 5 rings (SSSR count). The zero-order valence-electron chi connectivity index (χ0n) is 26.0. The number of amides is 2. The Bertz CT molecular complexity index is 1820. The fraction of sp³-hybridized carbons (Fsp3) is 0.278. The van der Waals surface area contributed by atoms with Gasteiger partial charge in [0.2, 0.25) is 11.8 Å². The summed E-state index contributed by atoms with van der Waals surface area (Å²) in [5.41, 5.74) is 1.44. The van der Waals surface area contributed by atoms with Gasteiger partial charge >= 0.3 is 0 Å². The Kier molecular flexibility index (Phi) is 12.3. The number of carbonyl (C=O) groups excluding carboxylic acids is 2. The third kappa shape index (κ3) is 9.04. The zero-order chi connectivity index (χ0) is 34.3. The van der Waals surface area contributed by atoms with E-state index in [2.05, 4.69) is 5.32 Å². The highest BCUT2D eigenvalue weighted by atomic mass is 35.5. The molecule has 1 aliphatic rings. The molecular formula is C36H35Cl4N3O4S. The number of nitrogens with zero attached hydrogens (tertiary/aromatic N) is 2. The minimum Gasteiger partial charge on any atom is -0.352 e. The first kappa shape index (κ1) is 36.0. The zero-order valence-corrected chi connectivity index (χ0v) is 29.8. The number of benzene rings is 4. The highest BCUT2D eigenvalue weighted by Gasteiger charge is 2.36. The summed E-state index contributed by atoms with van der Waals surface area (Å²) in [7, 11) is -4.32. The molecule has 0 aromatic heterocycles. The molecule has 0 saturated heterocycles. The summed E-state index contributed by atoms with van der Waals surface area (Å²) in [6, 6.07) is 25.2. The van der Waals surface area contributed by atoms with Gasteiger partial charge in [0.15, 0.2) is 0 Å². The van der Waals surface area contributed by atoms with Crippen LogP contribution in [-0.4, -0.2) is 43.8 Å². The molecule has 48 heavy (non-hydrogen) atoms. The van der Waals surface area contributed by atoms with E-state index in [4.69, 9.17) is 46.4 Å². The average molecular weight is 748 g/mol. The van der Waals surface area contributed by atoms with Gasteiger partial charge in [0, 0.05) is 44.7 Å². The topological polar surface area (TPSA) is 86.8 Å². The third-order valence-corrected chi connectivity index (χ3v) is 11.4. The summed E-state index contributed by atoms with van der Waals surface area (Å²) >= 11 is 25.6. The largest absolute Gasteiger partial charge is 0.352 e. The molecule has 1 fully saturated rings. The van der Waals surface area contributed by atoms with Crippen LogP contribution >= 0.6 is 46.4 Å². The Labute approximate surface area is 301 Å². The first-order valence-electron chi connectivity index (χ1n) is 15.6. The molecular weight excluding hydrogens is 712 g/mol. The lowest BCUT2D eigenvalue weighted by Gasteiger charge is -2.35. The van der Waals surface area contributed by atoms with E-state index in [1.165, 1.54) is 35.2 Å². The minimum atomic E-state index is -4.32. The Morgan fingerprint density at radius 3 is 2.06 bits per heavy atom. The first-order valence-corrected chi connectivity index (χ1v) is 18.6. The van der Waals surface area contributed by atoms with Crippen molar-refractivity contribution in [3.05, 3.63) is 128 Å². The molecule has 1 N–H and O–H groups in total. The second kappa shape index (κ2) is 16.4. The van der Waals surface area contributed by atoms with Crippen LogP contribution in [-0.2, 0) is 32.6 Å². The lowest BCUT2D eigenvalue weighted by atomic mass is 9.94. The number of hydrogen-bond acceptors (Lipinski definition) is 4. The van der Waals surface area contributed by atoms with Crippen molar-refractivity contribution < 1.29 is 18.0 Å². The molecule has 1 atom stereocenters. The maximum atomic E-state index is 14.7. The van der Waals surface area contributed by atoms with Gasteiger partial charge in [0.1, 0.15) is 12.6 Å². The Morgan fingerprint density at radius 1 is 0.771 bits per heavy atom. The number of halogens is 4. The normalized spacial score (nSPS) is 14.2. The van der Waals surface area contributed by atoms with Crippen molar-refractivity contribution in [2.75, 3.05) is 10.8 Å². The Hall–Kier alpha value is -3.27. The molecule has 7 nitrogen and oxygen atoms in total. The van der Waals surface area contributed by atoms with Gasteiger partial charge in [0.05, 0.1) is 10.6 Å². The molecule has 0 radical (unpaired) electrons. The van der Waals surface area contributed by atoms with Crippen LogP contribution < -0.4 is 9.62 Å². The van der Waals surface area contributed by atoms with Crippen LogP contribution in [0.1, 0.15) is 43.2 Å². The molecule has 12 heteroatoms. The number of nitrogens with one attached hydrogen (secondary N) is 1. The van der Waals surface area contributed by atoms with E-state index in [0.29, 0.717) is 20.6 Å². The molecule has 0 aliphatic heterocycles. The number of hydrogen-bond donors (Lipinski definition) is 1. The summed E-state index contributed by atoms with van der Waals surface area (Å²) in [5, 5.41) is 4.45. The van der Waals surface area contributed by atoms with Crippen LogP contribution in [0.3, 0.4) is 0 Å². The first-order chi connectivity index (χ1) is 23.0. The predicted molar refractivity (Wildman–Crippen MR) is 193 cm³/mol. The van der Waals surface area contributed by atoms with Crippen LogP contribution in [0, 0.1) is 0 Å². The van der Waals surface area contributed by atoms with Gasteiger partial charge in [-0.1, -0.05) is 108 Å². The molecule has 1 saturated carbocycles. The van der Waals surface area contributed by atoms with Crippen molar-refractivity contribution in [3.8, 4) is 0 Å². The fourth-order valence-electron chi connectivity index (χ4n) is 5.85. The third-order valence-electron chi connectivity index (χ3n) is 8.39. The van der Waals surface area contributed by atoms with Crippen LogP contribution in [0.15, 0.2) is 102 Å². The monoisotopic (exact) mass is 745 g/mol. The standard InChI is InChI=1S/C36H35Cl4N3O4S/c37-26-17-19-30(20-18-26)48(46,47)43(29-14-7-11-27(38)22-29)24-35(44)42(23-31-32(39)15-8-16-33(31)40)34(21-25-9-3-1-4-10-25)36(45)41-28-12-5-2-6-13-28/h1,3-4,7-11,14-20,22,28,34H,2,5-6,12-13,21,23-24H2,(H,41,45)/t34-/m0/s1. The molecule has 0 spiro atoms. The molecule has 252 valence electrons. The summed E-state index contributed by atoms with van der Waals surface area (Å²) in [6.07, 6.45) is 4.98. The lowest BCUT2D eigenvalue weighted by molar-refractivity contribution is -0.140. The average Bonchev–Trinajstić information content (AvgIpc) is 3.07. The number of rotatable bonds is 12. The van der Waals surface area contributed by atoms with Crippen molar-refractivity contribution in [2.24, 2.45) is 0 Å². The van der Waals surface area contributed by atoms with E-state index in [9.17, 15) is 18.0 Å². The molecule has 2 amide bonds. The van der Waals surface area contributed by atoms with Crippen molar-refractivity contribution in [3.63, 3.8) is 0 Å². The lowest BCUT2D eigenvalue weighted by Crippen LogP contribution is -2.55. The fourth-order valence-corrected chi connectivity index (χ4v) is 8.08. The molecule has 4 aromatic rings. The molecule has 0 heterocycles. The van der Waals surface area contributed by atoms with E-state index < -0.39 is 28.5 Å². The van der Waals surface area contributed by atoms with Gasteiger partial charge in [-0.25, -0.2) is 8.42 Å². The number of anilines is 1. The maximum Gasteiger partial charge on any atom is 0.264 e. The highest BCUT2D eigenvalue weighted by molar-refractivity contribution is 7.92. The quantitative estimate of drug-likeness (QED) is 0.157. The van der Waals surface area contributed by atoms with Crippen LogP contribution in [0.2, 0.25) is 20.1 Å². The number of sulfonamides is 1. The molecule has 1 aliphatic carbocycles. The minimum absolute atomic E-state index is 0.0291. The maximum absolute atomic E-state index is 14.7. The van der Waals surface area contributed by atoms with Gasteiger partial charge in [-0.2, -0.15) is 0 Å². The summed E-state index contributed by atoms with van der Waals surface area (Å²) in [5.74, 6) is -0.972. The van der Waals surface area contributed by atoms with E-state index in [0.717, 1.165) is 42.0 Å². The van der Waals surface area contributed by atoms with Crippen molar-refractivity contribution in [2.45, 2.75) is 62.0 Å². The van der Waals surface area contributed by atoms with Gasteiger partial charge in [0.25, 0.3) is 10.0 Å². The van der Waals surface area contributed by atoms with Crippen molar-refractivity contribution >= 4 is 73.9 Å². The van der Waals surface area contributed by atoms with Crippen LogP contribution in [0.5, 0.6) is 0 Å². The van der Waals surface area contributed by atoms with Gasteiger partial charge in [-0.3, -0.25) is 13.9 Å². The summed E-state index contributed by atoms with van der Waals surface area (Å²) in [6.45, 7) is -0.785. The van der Waals surface area contributed by atoms with Crippen molar-refractivity contribution in [1.82, 2.24) is 10.2 Å². The van der Waals surface area contributed by atoms with E-state index in [1.54, 1.807) is 36.4 Å². The second-order valence-electron chi connectivity index (χ2n) is 11.7. The predicted octanol–water partition coefficient (Wildman–Crippen LogP) is 8.58. The smallest absolute Gasteiger partial charge is 0.264 e. The van der Waals surface area contributed by atoms with Gasteiger partial charge in [-0.15, -0.1) is 0 Å². The Morgan fingerprint density at radius 2 is 1.42 bits per heavy atom. The van der Waals surface area contributed by atoms with E-state index in [1.807, 2.05) is 30.3 Å². The highest BCUT2D eigenvalue weighted by Crippen LogP contribution is 2.30. The second-order valence-corrected chi connectivity index (χ2v) is 15.3. The summed E-state index contributed by atoms with van der Waals surface area (Å²) < 4.78 is 29.4. The Balaban J connectivity index is 1.59. The molecule has 0 unspecified atom stereocenters. The van der Waals surface area contributed by atoms with Crippen LogP contribution in [0.25, 0.3) is 0 Å².